The normalized spacial score (nSPS) is 10.9. The molecule has 0 fully saturated rings. The number of benzene rings is 1. The zero-order valence-electron chi connectivity index (χ0n) is 14.3. The molecule has 6 nitrogen and oxygen atoms in total. The van der Waals surface area contributed by atoms with E-state index in [1.165, 1.54) is 19.2 Å². The Bertz CT molecular complexity index is 1110. The maximum atomic E-state index is 13.8. The smallest absolute Gasteiger partial charge is 0.251 e. The summed E-state index contributed by atoms with van der Waals surface area (Å²) in [4.78, 5) is 13.4. The fourth-order valence-corrected chi connectivity index (χ4v) is 3.43. The van der Waals surface area contributed by atoms with E-state index >= 15 is 0 Å². The van der Waals surface area contributed by atoms with Crippen LogP contribution in [0.15, 0.2) is 54.0 Å². The molecule has 0 spiro atoms. The van der Waals surface area contributed by atoms with Gasteiger partial charge in [0.15, 0.2) is 23.0 Å². The van der Waals surface area contributed by atoms with Gasteiger partial charge in [-0.15, -0.1) is 21.5 Å². The van der Waals surface area contributed by atoms with Gasteiger partial charge in [0, 0.05) is 22.2 Å². The Labute approximate surface area is 158 Å². The third-order valence-electron chi connectivity index (χ3n) is 4.10. The van der Waals surface area contributed by atoms with E-state index in [0.717, 1.165) is 16.5 Å². The van der Waals surface area contributed by atoms with Crippen molar-refractivity contribution in [3.05, 3.63) is 71.2 Å². The minimum absolute atomic E-state index is 0.0936. The van der Waals surface area contributed by atoms with Crippen LogP contribution in [0.5, 0.6) is 5.75 Å². The van der Waals surface area contributed by atoms with Crippen LogP contribution in [-0.4, -0.2) is 27.6 Å². The highest BCUT2D eigenvalue weighted by Crippen LogP contribution is 2.25. The maximum absolute atomic E-state index is 13.8. The molecule has 0 atom stereocenters. The van der Waals surface area contributed by atoms with E-state index < -0.39 is 11.7 Å². The second kappa shape index (κ2) is 7.16. The molecule has 8 heteroatoms. The lowest BCUT2D eigenvalue weighted by Gasteiger charge is -2.07. The number of pyridine rings is 1. The largest absolute Gasteiger partial charge is 0.494 e. The quantitative estimate of drug-likeness (QED) is 0.573. The predicted molar refractivity (Wildman–Crippen MR) is 100 cm³/mol. The summed E-state index contributed by atoms with van der Waals surface area (Å²) in [6.45, 7) is 0.168. The van der Waals surface area contributed by atoms with E-state index in [2.05, 4.69) is 15.5 Å². The lowest BCUT2D eigenvalue weighted by Crippen LogP contribution is -2.24. The molecule has 0 aliphatic rings. The van der Waals surface area contributed by atoms with Crippen molar-refractivity contribution in [1.29, 1.82) is 0 Å². The molecule has 4 aromatic rings. The van der Waals surface area contributed by atoms with E-state index in [4.69, 9.17) is 4.74 Å². The summed E-state index contributed by atoms with van der Waals surface area (Å²) < 4.78 is 20.5. The zero-order valence-corrected chi connectivity index (χ0v) is 15.2. The Kier molecular flexibility index (Phi) is 4.55. The summed E-state index contributed by atoms with van der Waals surface area (Å²) in [5.74, 6) is -0.303. The SMILES string of the molecule is COc1ccc(C(=O)NCc2nnc3ccc(-c4cccs4)cn23)cc1F. The van der Waals surface area contributed by atoms with Crippen LogP contribution >= 0.6 is 11.3 Å². The summed E-state index contributed by atoms with van der Waals surface area (Å²) in [5.41, 5.74) is 1.94. The molecule has 0 radical (unpaired) electrons. The first-order chi connectivity index (χ1) is 13.2. The van der Waals surface area contributed by atoms with Crippen molar-refractivity contribution in [2.45, 2.75) is 6.54 Å². The average Bonchev–Trinajstić information content (AvgIpc) is 3.35. The molecule has 4 rings (SSSR count). The standard InChI is InChI=1S/C19H15FN4O2S/c1-26-15-6-4-12(9-14(15)20)19(25)21-10-18-23-22-17-7-5-13(11-24(17)18)16-3-2-8-27-16/h2-9,11H,10H2,1H3,(H,21,25). The Morgan fingerprint density at radius 2 is 2.15 bits per heavy atom. The third kappa shape index (κ3) is 3.39. The molecule has 0 aliphatic carbocycles. The monoisotopic (exact) mass is 382 g/mol. The summed E-state index contributed by atoms with van der Waals surface area (Å²) in [6, 6.07) is 12.0. The van der Waals surface area contributed by atoms with Gasteiger partial charge in [-0.25, -0.2) is 4.39 Å². The van der Waals surface area contributed by atoms with Gasteiger partial charge in [0.05, 0.1) is 13.7 Å². The molecule has 0 aliphatic heterocycles. The van der Waals surface area contributed by atoms with Gasteiger partial charge < -0.3 is 10.1 Å². The number of ether oxygens (including phenoxy) is 1. The highest BCUT2D eigenvalue weighted by atomic mass is 32.1. The van der Waals surface area contributed by atoms with Gasteiger partial charge in [-0.3, -0.25) is 9.20 Å². The molecule has 1 N–H and O–H groups in total. The van der Waals surface area contributed by atoms with E-state index in [1.807, 2.05) is 40.2 Å². The number of hydrogen-bond acceptors (Lipinski definition) is 5. The molecular formula is C19H15FN4O2S. The molecule has 136 valence electrons. The van der Waals surface area contributed by atoms with Crippen LogP contribution in [0.2, 0.25) is 0 Å². The first kappa shape index (κ1) is 17.2. The number of aromatic nitrogens is 3. The molecule has 0 unspecified atom stereocenters. The lowest BCUT2D eigenvalue weighted by molar-refractivity contribution is 0.0949. The van der Waals surface area contributed by atoms with Crippen molar-refractivity contribution >= 4 is 22.9 Å². The second-order valence-electron chi connectivity index (χ2n) is 5.77. The molecule has 0 saturated heterocycles. The van der Waals surface area contributed by atoms with Crippen LogP contribution in [0, 0.1) is 5.82 Å². The van der Waals surface area contributed by atoms with Crippen molar-refractivity contribution in [3.63, 3.8) is 0 Å². The van der Waals surface area contributed by atoms with Gasteiger partial charge in [0.2, 0.25) is 0 Å². The topological polar surface area (TPSA) is 68.5 Å². The molecular weight excluding hydrogens is 367 g/mol. The van der Waals surface area contributed by atoms with Crippen LogP contribution < -0.4 is 10.1 Å². The number of hydrogen-bond donors (Lipinski definition) is 1. The van der Waals surface area contributed by atoms with Crippen molar-refractivity contribution in [2.24, 2.45) is 0 Å². The minimum Gasteiger partial charge on any atom is -0.494 e. The predicted octanol–water partition coefficient (Wildman–Crippen LogP) is 3.54. The van der Waals surface area contributed by atoms with Crippen molar-refractivity contribution in [3.8, 4) is 16.2 Å². The number of methoxy groups -OCH3 is 1. The van der Waals surface area contributed by atoms with Crippen LogP contribution in [0.3, 0.4) is 0 Å². The molecule has 27 heavy (non-hydrogen) atoms. The molecule has 1 aromatic carbocycles. The van der Waals surface area contributed by atoms with Crippen LogP contribution in [-0.2, 0) is 6.54 Å². The molecule has 3 aromatic heterocycles. The number of carbonyl (C=O) groups is 1. The molecule has 3 heterocycles. The number of nitrogens with zero attached hydrogens (tertiary/aromatic N) is 3. The Morgan fingerprint density at radius 1 is 1.26 bits per heavy atom. The highest BCUT2D eigenvalue weighted by Gasteiger charge is 2.12. The van der Waals surface area contributed by atoms with Crippen molar-refractivity contribution in [1.82, 2.24) is 19.9 Å². The van der Waals surface area contributed by atoms with Crippen LogP contribution in [0.4, 0.5) is 4.39 Å². The van der Waals surface area contributed by atoms with Crippen LogP contribution in [0.1, 0.15) is 16.2 Å². The number of halogens is 1. The van der Waals surface area contributed by atoms with Crippen molar-refractivity contribution in [2.75, 3.05) is 7.11 Å². The van der Waals surface area contributed by atoms with E-state index in [-0.39, 0.29) is 17.9 Å². The fraction of sp³-hybridized carbons (Fsp3) is 0.105. The fourth-order valence-electron chi connectivity index (χ4n) is 2.72. The molecule has 0 saturated carbocycles. The Morgan fingerprint density at radius 3 is 2.89 bits per heavy atom. The highest BCUT2D eigenvalue weighted by molar-refractivity contribution is 7.13. The minimum atomic E-state index is -0.585. The Hall–Kier alpha value is -3.26. The number of fused-ring (bicyclic) bond motifs is 1. The zero-order chi connectivity index (χ0) is 18.8. The third-order valence-corrected chi connectivity index (χ3v) is 5.02. The maximum Gasteiger partial charge on any atom is 0.251 e. The van der Waals surface area contributed by atoms with E-state index in [1.54, 1.807) is 11.3 Å². The van der Waals surface area contributed by atoms with Gasteiger partial charge in [-0.1, -0.05) is 6.07 Å². The summed E-state index contributed by atoms with van der Waals surface area (Å²) in [7, 11) is 1.37. The number of amides is 1. The number of carbonyl (C=O) groups excluding carboxylic acids is 1. The van der Waals surface area contributed by atoms with Gasteiger partial charge in [-0.05, 0) is 41.8 Å². The first-order valence-electron chi connectivity index (χ1n) is 8.15. The summed E-state index contributed by atoms with van der Waals surface area (Å²) in [5, 5.41) is 13.0. The second-order valence-corrected chi connectivity index (χ2v) is 6.72. The molecule has 0 bridgehead atoms. The summed E-state index contributed by atoms with van der Waals surface area (Å²) in [6.07, 6.45) is 1.94. The van der Waals surface area contributed by atoms with E-state index in [9.17, 15) is 9.18 Å². The number of thiophene rings is 1. The lowest BCUT2D eigenvalue weighted by atomic mass is 10.2. The number of rotatable bonds is 5. The van der Waals surface area contributed by atoms with Gasteiger partial charge in [0.1, 0.15) is 0 Å². The van der Waals surface area contributed by atoms with Gasteiger partial charge >= 0.3 is 0 Å². The van der Waals surface area contributed by atoms with E-state index in [0.29, 0.717) is 11.5 Å². The van der Waals surface area contributed by atoms with Gasteiger partial charge in [0.25, 0.3) is 5.91 Å². The average molecular weight is 382 g/mol. The van der Waals surface area contributed by atoms with Gasteiger partial charge in [-0.2, -0.15) is 0 Å². The number of nitrogens with one attached hydrogen (secondary N) is 1. The molecule has 1 amide bonds. The van der Waals surface area contributed by atoms with Crippen molar-refractivity contribution < 1.29 is 13.9 Å². The Balaban J connectivity index is 1.54. The van der Waals surface area contributed by atoms with Crippen LogP contribution in [0.25, 0.3) is 16.1 Å². The first-order valence-corrected chi connectivity index (χ1v) is 9.03. The summed E-state index contributed by atoms with van der Waals surface area (Å²) >= 11 is 1.64.